The lowest BCUT2D eigenvalue weighted by molar-refractivity contribution is -0.132. The number of carboxylic acids is 1. The molecule has 0 saturated carbocycles. The summed E-state index contributed by atoms with van der Waals surface area (Å²) >= 11 is 0. The molecule has 2 atom stereocenters. The molecule has 0 fully saturated rings. The summed E-state index contributed by atoms with van der Waals surface area (Å²) in [5, 5.41) is 26.6. The van der Waals surface area contributed by atoms with Crippen molar-refractivity contribution < 1.29 is 20.1 Å². The molecule has 0 aliphatic rings. The van der Waals surface area contributed by atoms with Gasteiger partial charge in [-0.1, -0.05) is 6.58 Å². The Kier molecular flexibility index (Phi) is 5.34. The average Bonchev–Trinajstić information content (AvgIpc) is 1.98. The highest BCUT2D eigenvalue weighted by atomic mass is 16.4. The molecule has 0 bridgehead atoms. The Hall–Kier alpha value is -0.870. The van der Waals surface area contributed by atoms with Crippen LogP contribution in [0.3, 0.4) is 0 Å². The van der Waals surface area contributed by atoms with Crippen LogP contribution < -0.4 is 0 Å². The molecule has 0 heterocycles. The van der Waals surface area contributed by atoms with E-state index < -0.39 is 18.2 Å². The van der Waals surface area contributed by atoms with Crippen LogP contribution >= 0.6 is 0 Å². The number of aliphatic hydroxyl groups excluding tert-OH is 2. The molecule has 0 spiro atoms. The fourth-order valence-corrected chi connectivity index (χ4v) is 0.959. The SMILES string of the molecule is C=C(CCC(O)CC(C)O)C(=O)O. The highest BCUT2D eigenvalue weighted by Gasteiger charge is 2.10. The van der Waals surface area contributed by atoms with Gasteiger partial charge < -0.3 is 15.3 Å². The molecule has 4 heteroatoms. The van der Waals surface area contributed by atoms with Crippen molar-refractivity contribution in [3.8, 4) is 0 Å². The zero-order chi connectivity index (χ0) is 10.4. The zero-order valence-electron chi connectivity index (χ0n) is 7.73. The number of carbonyl (C=O) groups is 1. The third kappa shape index (κ3) is 6.31. The van der Waals surface area contributed by atoms with Gasteiger partial charge in [0, 0.05) is 5.57 Å². The molecule has 2 unspecified atom stereocenters. The molecular weight excluding hydrogens is 172 g/mol. The van der Waals surface area contributed by atoms with E-state index in [1.807, 2.05) is 0 Å². The molecule has 4 nitrogen and oxygen atoms in total. The standard InChI is InChI=1S/C9H16O4/c1-6(9(12)13)3-4-8(11)5-7(2)10/h7-8,10-11H,1,3-5H2,2H3,(H,12,13). The van der Waals surface area contributed by atoms with E-state index in [0.717, 1.165) is 0 Å². The average molecular weight is 188 g/mol. The van der Waals surface area contributed by atoms with Gasteiger partial charge in [-0.05, 0) is 26.2 Å². The molecule has 0 aliphatic heterocycles. The Morgan fingerprint density at radius 3 is 2.38 bits per heavy atom. The van der Waals surface area contributed by atoms with Crippen molar-refractivity contribution in [1.82, 2.24) is 0 Å². The first-order chi connectivity index (χ1) is 5.93. The maximum Gasteiger partial charge on any atom is 0.330 e. The minimum atomic E-state index is -1.04. The molecule has 0 rings (SSSR count). The van der Waals surface area contributed by atoms with Crippen LogP contribution in [-0.2, 0) is 4.79 Å². The largest absolute Gasteiger partial charge is 0.478 e. The topological polar surface area (TPSA) is 77.8 Å². The maximum atomic E-state index is 10.3. The summed E-state index contributed by atoms with van der Waals surface area (Å²) in [5.41, 5.74) is 0.0876. The lowest BCUT2D eigenvalue weighted by Crippen LogP contribution is -2.15. The Balaban J connectivity index is 3.64. The second-order valence-corrected chi connectivity index (χ2v) is 3.19. The minimum absolute atomic E-state index is 0.0876. The van der Waals surface area contributed by atoms with E-state index in [-0.39, 0.29) is 18.4 Å². The van der Waals surface area contributed by atoms with E-state index in [0.29, 0.717) is 6.42 Å². The number of aliphatic carboxylic acids is 1. The molecule has 0 aromatic heterocycles. The lowest BCUT2D eigenvalue weighted by Gasteiger charge is -2.11. The van der Waals surface area contributed by atoms with Crippen molar-refractivity contribution >= 4 is 5.97 Å². The second-order valence-electron chi connectivity index (χ2n) is 3.19. The van der Waals surface area contributed by atoms with Crippen molar-refractivity contribution in [2.45, 2.75) is 38.4 Å². The number of aliphatic hydroxyl groups is 2. The molecule has 0 amide bonds. The van der Waals surface area contributed by atoms with Gasteiger partial charge in [-0.2, -0.15) is 0 Å². The number of rotatable bonds is 6. The Morgan fingerprint density at radius 1 is 1.46 bits per heavy atom. The lowest BCUT2D eigenvalue weighted by atomic mass is 10.0. The highest BCUT2D eigenvalue weighted by molar-refractivity contribution is 5.85. The van der Waals surface area contributed by atoms with Crippen LogP contribution in [0.4, 0.5) is 0 Å². The Bertz CT molecular complexity index is 186. The number of hydrogen-bond donors (Lipinski definition) is 3. The normalized spacial score (nSPS) is 15.0. The molecule has 0 saturated heterocycles. The monoisotopic (exact) mass is 188 g/mol. The smallest absolute Gasteiger partial charge is 0.330 e. The van der Waals surface area contributed by atoms with Gasteiger partial charge in [-0.25, -0.2) is 4.79 Å². The minimum Gasteiger partial charge on any atom is -0.478 e. The predicted molar refractivity (Wildman–Crippen MR) is 48.3 cm³/mol. The van der Waals surface area contributed by atoms with Gasteiger partial charge in [-0.15, -0.1) is 0 Å². The molecule has 0 aromatic rings. The summed E-state index contributed by atoms with van der Waals surface area (Å²) in [6, 6.07) is 0. The summed E-state index contributed by atoms with van der Waals surface area (Å²) in [5.74, 6) is -1.04. The third-order valence-electron chi connectivity index (χ3n) is 1.69. The molecule has 76 valence electrons. The molecule has 0 aliphatic carbocycles. The first-order valence-electron chi connectivity index (χ1n) is 4.20. The molecule has 13 heavy (non-hydrogen) atoms. The molecular formula is C9H16O4. The Labute approximate surface area is 77.5 Å². The van der Waals surface area contributed by atoms with E-state index in [2.05, 4.69) is 6.58 Å². The highest BCUT2D eigenvalue weighted by Crippen LogP contribution is 2.09. The van der Waals surface area contributed by atoms with E-state index in [9.17, 15) is 9.90 Å². The van der Waals surface area contributed by atoms with Crippen molar-refractivity contribution in [3.05, 3.63) is 12.2 Å². The third-order valence-corrected chi connectivity index (χ3v) is 1.69. The van der Waals surface area contributed by atoms with Crippen LogP contribution in [0.1, 0.15) is 26.2 Å². The Morgan fingerprint density at radius 2 is 2.00 bits per heavy atom. The van der Waals surface area contributed by atoms with Gasteiger partial charge in [0.05, 0.1) is 12.2 Å². The molecule has 0 radical (unpaired) electrons. The van der Waals surface area contributed by atoms with Gasteiger partial charge in [0.1, 0.15) is 0 Å². The first kappa shape index (κ1) is 12.1. The fourth-order valence-electron chi connectivity index (χ4n) is 0.959. The molecule has 0 aromatic carbocycles. The predicted octanol–water partition coefficient (Wildman–Crippen LogP) is 0.539. The first-order valence-corrected chi connectivity index (χ1v) is 4.20. The van der Waals surface area contributed by atoms with Gasteiger partial charge in [0.15, 0.2) is 0 Å². The summed E-state index contributed by atoms with van der Waals surface area (Å²) < 4.78 is 0. The maximum absolute atomic E-state index is 10.3. The van der Waals surface area contributed by atoms with Crippen LogP contribution in [-0.4, -0.2) is 33.5 Å². The zero-order valence-corrected chi connectivity index (χ0v) is 7.73. The van der Waals surface area contributed by atoms with Gasteiger partial charge in [-0.3, -0.25) is 0 Å². The number of carboxylic acid groups (broad SMARTS) is 1. The second kappa shape index (κ2) is 5.72. The van der Waals surface area contributed by atoms with Crippen LogP contribution in [0, 0.1) is 0 Å². The number of hydrogen-bond acceptors (Lipinski definition) is 3. The van der Waals surface area contributed by atoms with Crippen molar-refractivity contribution in [2.24, 2.45) is 0 Å². The van der Waals surface area contributed by atoms with Gasteiger partial charge >= 0.3 is 5.97 Å². The summed E-state index contributed by atoms with van der Waals surface area (Å²) in [6.45, 7) is 4.91. The summed E-state index contributed by atoms with van der Waals surface area (Å²) in [7, 11) is 0. The van der Waals surface area contributed by atoms with Crippen LogP contribution in [0.2, 0.25) is 0 Å². The van der Waals surface area contributed by atoms with Crippen molar-refractivity contribution in [1.29, 1.82) is 0 Å². The van der Waals surface area contributed by atoms with E-state index in [4.69, 9.17) is 10.2 Å². The van der Waals surface area contributed by atoms with Crippen molar-refractivity contribution in [2.75, 3.05) is 0 Å². The van der Waals surface area contributed by atoms with Gasteiger partial charge in [0.2, 0.25) is 0 Å². The van der Waals surface area contributed by atoms with Gasteiger partial charge in [0.25, 0.3) is 0 Å². The van der Waals surface area contributed by atoms with E-state index >= 15 is 0 Å². The van der Waals surface area contributed by atoms with Crippen LogP contribution in [0.5, 0.6) is 0 Å². The van der Waals surface area contributed by atoms with Crippen LogP contribution in [0.15, 0.2) is 12.2 Å². The fraction of sp³-hybridized carbons (Fsp3) is 0.667. The van der Waals surface area contributed by atoms with E-state index in [1.54, 1.807) is 6.92 Å². The van der Waals surface area contributed by atoms with E-state index in [1.165, 1.54) is 0 Å². The summed E-state index contributed by atoms with van der Waals surface area (Å²) in [4.78, 5) is 10.3. The van der Waals surface area contributed by atoms with Crippen molar-refractivity contribution in [3.63, 3.8) is 0 Å². The van der Waals surface area contributed by atoms with Crippen LogP contribution in [0.25, 0.3) is 0 Å². The quantitative estimate of drug-likeness (QED) is 0.531. The summed E-state index contributed by atoms with van der Waals surface area (Å²) in [6.07, 6.45) is -0.365. The molecule has 3 N–H and O–H groups in total.